The molecule has 0 heterocycles. The number of hydrogen-bond acceptors (Lipinski definition) is 1. The standard InChI is InChI=1S/C18H27NO/c1-2-3-4-5-14-6-8-15(9-7-14)16-10-12-17(13-11-16)18(19)20/h10-15H,2-9H2,1H3,(H2,19,20)/t14-,15-/i12D. The minimum absolute atomic E-state index is 0.269. The summed E-state index contributed by atoms with van der Waals surface area (Å²) in [6.45, 7) is 2.26. The van der Waals surface area contributed by atoms with Crippen molar-refractivity contribution in [1.29, 1.82) is 0 Å². The van der Waals surface area contributed by atoms with E-state index in [9.17, 15) is 4.79 Å². The van der Waals surface area contributed by atoms with Crippen LogP contribution in [-0.2, 0) is 0 Å². The van der Waals surface area contributed by atoms with Gasteiger partial charge in [0.2, 0.25) is 5.91 Å². The van der Waals surface area contributed by atoms with Crippen molar-refractivity contribution in [2.24, 2.45) is 11.7 Å². The molecule has 0 unspecified atom stereocenters. The van der Waals surface area contributed by atoms with Gasteiger partial charge in [-0.15, -0.1) is 0 Å². The summed E-state index contributed by atoms with van der Waals surface area (Å²) in [4.78, 5) is 11.2. The molecule has 110 valence electrons. The molecule has 1 aliphatic rings. The lowest BCUT2D eigenvalue weighted by molar-refractivity contribution is 0.100. The second kappa shape index (κ2) is 7.47. The van der Waals surface area contributed by atoms with Crippen LogP contribution >= 0.6 is 0 Å². The lowest BCUT2D eigenvalue weighted by Gasteiger charge is -2.29. The molecular weight excluding hydrogens is 246 g/mol. The Kier molecular flexibility index (Phi) is 5.10. The molecule has 0 bridgehead atoms. The maximum Gasteiger partial charge on any atom is 0.248 e. The third-order valence-corrected chi connectivity index (χ3v) is 4.64. The average Bonchev–Trinajstić information content (AvgIpc) is 2.48. The first kappa shape index (κ1) is 13.7. The number of amides is 1. The third-order valence-electron chi connectivity index (χ3n) is 4.64. The molecule has 2 nitrogen and oxygen atoms in total. The number of rotatable bonds is 6. The molecule has 1 saturated carbocycles. The van der Waals surface area contributed by atoms with Crippen molar-refractivity contribution in [3.8, 4) is 0 Å². The van der Waals surface area contributed by atoms with E-state index in [0.717, 1.165) is 5.92 Å². The molecular formula is C18H27NO. The minimum Gasteiger partial charge on any atom is -0.366 e. The predicted molar refractivity (Wildman–Crippen MR) is 83.8 cm³/mol. The number of primary amides is 1. The smallest absolute Gasteiger partial charge is 0.248 e. The zero-order valence-corrected chi connectivity index (χ0v) is 12.5. The Morgan fingerprint density at radius 1 is 1.25 bits per heavy atom. The molecule has 2 heteroatoms. The van der Waals surface area contributed by atoms with Gasteiger partial charge in [0.25, 0.3) is 0 Å². The van der Waals surface area contributed by atoms with Gasteiger partial charge in [0.05, 0.1) is 1.37 Å². The summed E-state index contributed by atoms with van der Waals surface area (Å²) in [5.74, 6) is 0.942. The Bertz CT molecular complexity index is 478. The van der Waals surface area contributed by atoms with Crippen LogP contribution in [0.4, 0.5) is 0 Å². The highest BCUT2D eigenvalue weighted by Gasteiger charge is 2.22. The quantitative estimate of drug-likeness (QED) is 0.754. The highest BCUT2D eigenvalue weighted by molar-refractivity contribution is 5.92. The third kappa shape index (κ3) is 4.09. The fourth-order valence-electron chi connectivity index (χ4n) is 3.31. The lowest BCUT2D eigenvalue weighted by atomic mass is 9.77. The lowest BCUT2D eigenvalue weighted by Crippen LogP contribution is -2.14. The highest BCUT2D eigenvalue weighted by atomic mass is 16.1. The van der Waals surface area contributed by atoms with E-state index in [-0.39, 0.29) is 6.04 Å². The first-order chi connectivity index (χ1) is 10.1. The second-order valence-electron chi connectivity index (χ2n) is 6.11. The van der Waals surface area contributed by atoms with Crippen molar-refractivity contribution >= 4 is 5.91 Å². The van der Waals surface area contributed by atoms with E-state index >= 15 is 0 Å². The van der Waals surface area contributed by atoms with Gasteiger partial charge in [-0.1, -0.05) is 44.7 Å². The number of unbranched alkanes of at least 4 members (excludes halogenated alkanes) is 2. The predicted octanol–water partition coefficient (Wildman–Crippen LogP) is 4.64. The van der Waals surface area contributed by atoms with Gasteiger partial charge < -0.3 is 5.73 Å². The molecule has 1 amide bonds. The molecule has 0 aromatic heterocycles. The van der Waals surface area contributed by atoms with E-state index in [2.05, 4.69) is 6.92 Å². The van der Waals surface area contributed by atoms with Crippen LogP contribution in [0.15, 0.2) is 24.2 Å². The fourth-order valence-corrected chi connectivity index (χ4v) is 3.31. The molecule has 1 aliphatic carbocycles. The van der Waals surface area contributed by atoms with Crippen molar-refractivity contribution in [3.05, 3.63) is 35.4 Å². The SMILES string of the molecule is [2H]c1cc([C@H]2CC[C@H](CCCCC)CC2)ccc1C(N)=O. The van der Waals surface area contributed by atoms with Crippen molar-refractivity contribution in [2.45, 2.75) is 64.2 Å². The maximum absolute atomic E-state index is 11.2. The van der Waals surface area contributed by atoms with E-state index in [1.807, 2.05) is 12.1 Å². The van der Waals surface area contributed by atoms with Crippen LogP contribution in [0.3, 0.4) is 0 Å². The maximum atomic E-state index is 11.2. The largest absolute Gasteiger partial charge is 0.366 e. The molecule has 2 N–H and O–H groups in total. The van der Waals surface area contributed by atoms with Crippen LogP contribution in [-0.4, -0.2) is 5.91 Å². The Hall–Kier alpha value is -1.31. The first-order valence-electron chi connectivity index (χ1n) is 8.52. The summed E-state index contributed by atoms with van der Waals surface area (Å²) >= 11 is 0. The van der Waals surface area contributed by atoms with Crippen molar-refractivity contribution in [1.82, 2.24) is 0 Å². The van der Waals surface area contributed by atoms with E-state index in [0.29, 0.717) is 11.5 Å². The molecule has 1 fully saturated rings. The number of carbonyl (C=O) groups excluding carboxylic acids is 1. The average molecular weight is 274 g/mol. The van der Waals surface area contributed by atoms with Crippen molar-refractivity contribution in [3.63, 3.8) is 0 Å². The van der Waals surface area contributed by atoms with Gasteiger partial charge >= 0.3 is 0 Å². The van der Waals surface area contributed by atoms with Crippen LogP contribution in [0.2, 0.25) is 0 Å². The van der Waals surface area contributed by atoms with Gasteiger partial charge in [-0.05, 0) is 55.2 Å². The van der Waals surface area contributed by atoms with Crippen molar-refractivity contribution in [2.75, 3.05) is 0 Å². The minimum atomic E-state index is -0.508. The summed E-state index contributed by atoms with van der Waals surface area (Å²) < 4.78 is 7.91. The molecule has 0 atom stereocenters. The Balaban J connectivity index is 1.90. The molecule has 20 heavy (non-hydrogen) atoms. The van der Waals surface area contributed by atoms with Crippen LogP contribution < -0.4 is 5.73 Å². The van der Waals surface area contributed by atoms with E-state index < -0.39 is 5.91 Å². The molecule has 1 aromatic rings. The van der Waals surface area contributed by atoms with Gasteiger partial charge in [-0.2, -0.15) is 0 Å². The summed E-state index contributed by atoms with van der Waals surface area (Å²) in [5, 5.41) is 0. The Labute approximate surface area is 124 Å². The van der Waals surface area contributed by atoms with Crippen molar-refractivity contribution < 1.29 is 6.17 Å². The first-order valence-corrected chi connectivity index (χ1v) is 8.02. The highest BCUT2D eigenvalue weighted by Crippen LogP contribution is 2.37. The fraction of sp³-hybridized carbons (Fsp3) is 0.611. The summed E-state index contributed by atoms with van der Waals surface area (Å²) in [5.41, 5.74) is 6.79. The molecule has 0 aliphatic heterocycles. The molecule has 0 spiro atoms. The van der Waals surface area contributed by atoms with E-state index in [1.165, 1.54) is 56.9 Å². The van der Waals surface area contributed by atoms with Crippen LogP contribution in [0.1, 0.15) is 81.5 Å². The number of nitrogens with two attached hydrogens (primary N) is 1. The van der Waals surface area contributed by atoms with Crippen LogP contribution in [0.25, 0.3) is 0 Å². The van der Waals surface area contributed by atoms with Crippen LogP contribution in [0, 0.1) is 5.92 Å². The van der Waals surface area contributed by atoms with Gasteiger partial charge in [0, 0.05) is 5.56 Å². The van der Waals surface area contributed by atoms with Gasteiger partial charge in [-0.3, -0.25) is 4.79 Å². The zero-order chi connectivity index (χ0) is 15.2. The normalized spacial score (nSPS) is 23.4. The number of benzene rings is 1. The Morgan fingerprint density at radius 2 is 2.00 bits per heavy atom. The Morgan fingerprint density at radius 3 is 2.60 bits per heavy atom. The monoisotopic (exact) mass is 274 g/mol. The van der Waals surface area contributed by atoms with E-state index in [4.69, 9.17) is 7.10 Å². The summed E-state index contributed by atoms with van der Waals surface area (Å²) in [6, 6.07) is 5.81. The molecule has 0 radical (unpaired) electrons. The van der Waals surface area contributed by atoms with Crippen LogP contribution in [0.5, 0.6) is 0 Å². The second-order valence-corrected chi connectivity index (χ2v) is 6.11. The molecule has 0 saturated heterocycles. The summed E-state index contributed by atoms with van der Waals surface area (Å²) in [7, 11) is 0. The van der Waals surface area contributed by atoms with Gasteiger partial charge in [-0.25, -0.2) is 0 Å². The van der Waals surface area contributed by atoms with Gasteiger partial charge in [0.15, 0.2) is 0 Å². The van der Waals surface area contributed by atoms with Gasteiger partial charge in [0.1, 0.15) is 0 Å². The summed E-state index contributed by atoms with van der Waals surface area (Å²) in [6.07, 6.45) is 10.4. The number of hydrogen-bond donors (Lipinski definition) is 1. The zero-order valence-electron chi connectivity index (χ0n) is 13.5. The molecule has 2 rings (SSSR count). The topological polar surface area (TPSA) is 43.1 Å². The molecule has 1 aromatic carbocycles. The number of carbonyl (C=O) groups is 1. The van der Waals surface area contributed by atoms with E-state index in [1.54, 1.807) is 6.07 Å².